The first kappa shape index (κ1) is 11.5. The Bertz CT molecular complexity index is 187. The first-order valence-corrected chi connectivity index (χ1v) is 5.01. The summed E-state index contributed by atoms with van der Waals surface area (Å²) < 4.78 is 10.2. The van der Waals surface area contributed by atoms with Gasteiger partial charge in [-0.15, -0.1) is 0 Å². The highest BCUT2D eigenvalue weighted by Crippen LogP contribution is 2.48. The third-order valence-corrected chi connectivity index (χ3v) is 2.67. The van der Waals surface area contributed by atoms with E-state index in [0.29, 0.717) is 26.2 Å². The first-order chi connectivity index (χ1) is 6.71. The summed E-state index contributed by atoms with van der Waals surface area (Å²) >= 11 is 0. The van der Waals surface area contributed by atoms with Gasteiger partial charge in [0.15, 0.2) is 0 Å². The Kier molecular flexibility index (Phi) is 4.35. The second-order valence-corrected chi connectivity index (χ2v) is 3.79. The Labute approximate surface area is 84.2 Å². The zero-order chi connectivity index (χ0) is 10.4. The molecular formula is C10H18O4. The highest BCUT2D eigenvalue weighted by atomic mass is 16.5. The van der Waals surface area contributed by atoms with Crippen molar-refractivity contribution in [2.75, 3.05) is 26.9 Å². The SMILES string of the molecule is COCCCOCCC1(C(=O)O)CC1. The third kappa shape index (κ3) is 3.27. The number of methoxy groups -OCH3 is 1. The van der Waals surface area contributed by atoms with Crippen molar-refractivity contribution in [1.82, 2.24) is 0 Å². The molecule has 0 aromatic rings. The number of hydrogen-bond acceptors (Lipinski definition) is 3. The first-order valence-electron chi connectivity index (χ1n) is 5.01. The fourth-order valence-electron chi connectivity index (χ4n) is 1.40. The Balaban J connectivity index is 1.96. The van der Waals surface area contributed by atoms with E-state index in [1.807, 2.05) is 0 Å². The molecule has 4 heteroatoms. The van der Waals surface area contributed by atoms with Crippen LogP contribution in [-0.2, 0) is 14.3 Å². The maximum absolute atomic E-state index is 10.8. The van der Waals surface area contributed by atoms with Crippen molar-refractivity contribution >= 4 is 5.97 Å². The van der Waals surface area contributed by atoms with Crippen LogP contribution in [0.5, 0.6) is 0 Å². The van der Waals surface area contributed by atoms with E-state index in [1.165, 1.54) is 0 Å². The van der Waals surface area contributed by atoms with E-state index in [9.17, 15) is 4.79 Å². The molecule has 0 aromatic carbocycles. The lowest BCUT2D eigenvalue weighted by atomic mass is 10.0. The molecule has 1 N–H and O–H groups in total. The van der Waals surface area contributed by atoms with E-state index < -0.39 is 11.4 Å². The van der Waals surface area contributed by atoms with E-state index in [-0.39, 0.29) is 0 Å². The van der Waals surface area contributed by atoms with Crippen LogP contribution in [0.15, 0.2) is 0 Å². The highest BCUT2D eigenvalue weighted by Gasteiger charge is 2.49. The quantitative estimate of drug-likeness (QED) is 0.603. The lowest BCUT2D eigenvalue weighted by Gasteiger charge is -2.09. The van der Waals surface area contributed by atoms with Gasteiger partial charge < -0.3 is 14.6 Å². The summed E-state index contributed by atoms with van der Waals surface area (Å²) in [5, 5.41) is 8.87. The van der Waals surface area contributed by atoms with Gasteiger partial charge in [0, 0.05) is 26.9 Å². The molecule has 1 rings (SSSR count). The molecule has 82 valence electrons. The molecule has 0 bridgehead atoms. The number of hydrogen-bond donors (Lipinski definition) is 1. The van der Waals surface area contributed by atoms with E-state index in [2.05, 4.69) is 0 Å². The van der Waals surface area contributed by atoms with Crippen molar-refractivity contribution in [2.24, 2.45) is 5.41 Å². The molecule has 1 aliphatic carbocycles. The zero-order valence-electron chi connectivity index (χ0n) is 8.62. The Morgan fingerprint density at radius 1 is 1.36 bits per heavy atom. The molecule has 4 nitrogen and oxygen atoms in total. The van der Waals surface area contributed by atoms with Gasteiger partial charge in [0.25, 0.3) is 0 Å². The summed E-state index contributed by atoms with van der Waals surface area (Å²) in [4.78, 5) is 10.8. The van der Waals surface area contributed by atoms with Crippen LogP contribution in [0.3, 0.4) is 0 Å². The largest absolute Gasteiger partial charge is 0.481 e. The summed E-state index contributed by atoms with van der Waals surface area (Å²) in [7, 11) is 1.66. The van der Waals surface area contributed by atoms with Crippen LogP contribution in [0.25, 0.3) is 0 Å². The molecule has 0 aromatic heterocycles. The molecule has 1 fully saturated rings. The second-order valence-electron chi connectivity index (χ2n) is 3.79. The minimum atomic E-state index is -0.669. The number of carboxylic acid groups (broad SMARTS) is 1. The van der Waals surface area contributed by atoms with Gasteiger partial charge in [0.2, 0.25) is 0 Å². The summed E-state index contributed by atoms with van der Waals surface area (Å²) in [6, 6.07) is 0. The minimum Gasteiger partial charge on any atom is -0.481 e. The number of rotatable bonds is 8. The maximum Gasteiger partial charge on any atom is 0.309 e. The summed E-state index contributed by atoms with van der Waals surface area (Å²) in [5.41, 5.74) is -0.443. The van der Waals surface area contributed by atoms with E-state index >= 15 is 0 Å². The van der Waals surface area contributed by atoms with Gasteiger partial charge in [0.1, 0.15) is 0 Å². The van der Waals surface area contributed by atoms with Gasteiger partial charge in [-0.25, -0.2) is 0 Å². The molecule has 0 aliphatic heterocycles. The van der Waals surface area contributed by atoms with E-state index in [1.54, 1.807) is 7.11 Å². The van der Waals surface area contributed by atoms with Gasteiger partial charge in [0.05, 0.1) is 5.41 Å². The van der Waals surface area contributed by atoms with E-state index in [4.69, 9.17) is 14.6 Å². The Morgan fingerprint density at radius 3 is 2.57 bits per heavy atom. The lowest BCUT2D eigenvalue weighted by molar-refractivity contribution is -0.144. The van der Waals surface area contributed by atoms with Gasteiger partial charge in [-0.3, -0.25) is 4.79 Å². The molecule has 1 saturated carbocycles. The van der Waals surface area contributed by atoms with Gasteiger partial charge in [-0.2, -0.15) is 0 Å². The van der Waals surface area contributed by atoms with Crippen molar-refractivity contribution in [2.45, 2.75) is 25.7 Å². The van der Waals surface area contributed by atoms with Crippen LogP contribution >= 0.6 is 0 Å². The molecular weight excluding hydrogens is 184 g/mol. The molecule has 1 aliphatic rings. The monoisotopic (exact) mass is 202 g/mol. The standard InChI is InChI=1S/C10H18O4/c1-13-6-2-7-14-8-5-10(3-4-10)9(11)12/h2-8H2,1H3,(H,11,12). The molecule has 0 saturated heterocycles. The Morgan fingerprint density at radius 2 is 2.07 bits per heavy atom. The topological polar surface area (TPSA) is 55.8 Å². The maximum atomic E-state index is 10.8. The normalized spacial score (nSPS) is 18.1. The van der Waals surface area contributed by atoms with Crippen LogP contribution in [0.1, 0.15) is 25.7 Å². The van der Waals surface area contributed by atoms with Crippen molar-refractivity contribution < 1.29 is 19.4 Å². The molecule has 0 heterocycles. The van der Waals surface area contributed by atoms with Crippen LogP contribution < -0.4 is 0 Å². The summed E-state index contributed by atoms with van der Waals surface area (Å²) in [6.45, 7) is 1.91. The Hall–Kier alpha value is -0.610. The highest BCUT2D eigenvalue weighted by molar-refractivity contribution is 5.77. The van der Waals surface area contributed by atoms with Gasteiger partial charge in [-0.05, 0) is 25.7 Å². The van der Waals surface area contributed by atoms with Crippen molar-refractivity contribution in [3.63, 3.8) is 0 Å². The molecule has 0 radical (unpaired) electrons. The lowest BCUT2D eigenvalue weighted by Crippen LogP contribution is -2.17. The van der Waals surface area contributed by atoms with Crippen LogP contribution in [0, 0.1) is 5.41 Å². The van der Waals surface area contributed by atoms with Crippen molar-refractivity contribution in [3.05, 3.63) is 0 Å². The number of carboxylic acids is 1. The average molecular weight is 202 g/mol. The predicted molar refractivity (Wildman–Crippen MR) is 51.2 cm³/mol. The molecule has 0 atom stereocenters. The fourth-order valence-corrected chi connectivity index (χ4v) is 1.40. The number of ether oxygens (including phenoxy) is 2. The molecule has 0 unspecified atom stereocenters. The zero-order valence-corrected chi connectivity index (χ0v) is 8.62. The van der Waals surface area contributed by atoms with Gasteiger partial charge in [-0.1, -0.05) is 0 Å². The van der Waals surface area contributed by atoms with Crippen LogP contribution in [0.4, 0.5) is 0 Å². The number of aliphatic carboxylic acids is 1. The average Bonchev–Trinajstić information content (AvgIpc) is 2.92. The van der Waals surface area contributed by atoms with Gasteiger partial charge >= 0.3 is 5.97 Å². The minimum absolute atomic E-state index is 0.443. The predicted octanol–water partition coefficient (Wildman–Crippen LogP) is 1.29. The molecule has 0 amide bonds. The number of carbonyl (C=O) groups is 1. The summed E-state index contributed by atoms with van der Waals surface area (Å²) in [5.74, 6) is -0.669. The second kappa shape index (κ2) is 5.32. The van der Waals surface area contributed by atoms with Crippen LogP contribution in [0.2, 0.25) is 0 Å². The molecule has 0 spiro atoms. The van der Waals surface area contributed by atoms with Crippen LogP contribution in [-0.4, -0.2) is 38.0 Å². The van der Waals surface area contributed by atoms with Crippen molar-refractivity contribution in [1.29, 1.82) is 0 Å². The molecule has 14 heavy (non-hydrogen) atoms. The smallest absolute Gasteiger partial charge is 0.309 e. The van der Waals surface area contributed by atoms with E-state index in [0.717, 1.165) is 19.3 Å². The third-order valence-electron chi connectivity index (χ3n) is 2.67. The summed E-state index contributed by atoms with van der Waals surface area (Å²) in [6.07, 6.45) is 3.14. The van der Waals surface area contributed by atoms with Crippen molar-refractivity contribution in [3.8, 4) is 0 Å². The fraction of sp³-hybridized carbons (Fsp3) is 0.900.